The van der Waals surface area contributed by atoms with E-state index in [-0.39, 0.29) is 5.41 Å². The molecule has 2 aromatic carbocycles. The molecular formula is C17H18N2OS. The maximum absolute atomic E-state index is 6.19. The van der Waals surface area contributed by atoms with Gasteiger partial charge in [0.1, 0.15) is 17.0 Å². The predicted octanol–water partition coefficient (Wildman–Crippen LogP) is 4.97. The fourth-order valence-corrected chi connectivity index (χ4v) is 3.01. The highest BCUT2D eigenvalue weighted by atomic mass is 32.1. The Morgan fingerprint density at radius 2 is 1.81 bits per heavy atom. The Bertz CT molecular complexity index is 787. The van der Waals surface area contributed by atoms with Crippen LogP contribution in [0.25, 0.3) is 10.2 Å². The molecule has 0 aliphatic carbocycles. The van der Waals surface area contributed by atoms with Gasteiger partial charge in [-0.1, -0.05) is 39.0 Å². The second kappa shape index (κ2) is 5.04. The first-order chi connectivity index (χ1) is 9.97. The molecule has 0 saturated heterocycles. The molecule has 1 aromatic heterocycles. The average Bonchev–Trinajstić information content (AvgIpc) is 2.90. The van der Waals surface area contributed by atoms with Gasteiger partial charge in [-0.15, -0.1) is 11.3 Å². The van der Waals surface area contributed by atoms with Gasteiger partial charge < -0.3 is 10.5 Å². The third-order valence-corrected chi connectivity index (χ3v) is 4.21. The molecule has 0 radical (unpaired) electrons. The normalized spacial score (nSPS) is 11.8. The van der Waals surface area contributed by atoms with Crippen molar-refractivity contribution in [1.82, 2.24) is 4.98 Å². The van der Waals surface area contributed by atoms with Crippen LogP contribution in [0.4, 0.5) is 5.69 Å². The van der Waals surface area contributed by atoms with Gasteiger partial charge in [-0.05, 0) is 23.6 Å². The lowest BCUT2D eigenvalue weighted by molar-refractivity contribution is 0.457. The third kappa shape index (κ3) is 2.59. The van der Waals surface area contributed by atoms with Crippen molar-refractivity contribution in [3.8, 4) is 11.5 Å². The molecule has 0 bridgehead atoms. The van der Waals surface area contributed by atoms with Crippen molar-refractivity contribution in [3.63, 3.8) is 0 Å². The highest BCUT2D eigenvalue weighted by Gasteiger charge is 2.19. The number of fused-ring (bicyclic) bond motifs is 1. The van der Waals surface area contributed by atoms with Gasteiger partial charge in [0, 0.05) is 5.56 Å². The standard InChI is InChI=1S/C17H18N2OS/c1-17(2,3)11-6-4-5-7-12(11)20-13-8-9-14-16(15(13)18)19-10-21-14/h4-10H,18H2,1-3H3. The van der Waals surface area contributed by atoms with Gasteiger partial charge in [0.05, 0.1) is 10.2 Å². The minimum absolute atomic E-state index is 0.0100. The second-order valence-electron chi connectivity index (χ2n) is 6.02. The minimum atomic E-state index is 0.0100. The third-order valence-electron chi connectivity index (χ3n) is 3.42. The number of nitrogen functional groups attached to an aromatic ring is 1. The van der Waals surface area contributed by atoms with Gasteiger partial charge in [0.2, 0.25) is 0 Å². The number of ether oxygens (including phenoxy) is 1. The highest BCUT2D eigenvalue weighted by molar-refractivity contribution is 7.16. The molecule has 0 unspecified atom stereocenters. The Morgan fingerprint density at radius 3 is 2.57 bits per heavy atom. The summed E-state index contributed by atoms with van der Waals surface area (Å²) in [5.41, 5.74) is 10.6. The van der Waals surface area contributed by atoms with Gasteiger partial charge in [0.15, 0.2) is 5.75 Å². The molecule has 3 nitrogen and oxygen atoms in total. The Labute approximate surface area is 128 Å². The van der Waals surface area contributed by atoms with Crippen LogP contribution in [-0.2, 0) is 5.41 Å². The summed E-state index contributed by atoms with van der Waals surface area (Å²) in [6.45, 7) is 6.51. The number of nitrogens with zero attached hydrogens (tertiary/aromatic N) is 1. The number of rotatable bonds is 2. The molecule has 4 heteroatoms. The van der Waals surface area contributed by atoms with Crippen LogP contribution in [0.5, 0.6) is 11.5 Å². The van der Waals surface area contributed by atoms with Crippen LogP contribution in [0.15, 0.2) is 41.9 Å². The molecule has 0 aliphatic rings. The number of anilines is 1. The van der Waals surface area contributed by atoms with Crippen molar-refractivity contribution in [1.29, 1.82) is 0 Å². The quantitative estimate of drug-likeness (QED) is 0.680. The van der Waals surface area contributed by atoms with Crippen LogP contribution >= 0.6 is 11.3 Å². The van der Waals surface area contributed by atoms with Crippen LogP contribution in [0.1, 0.15) is 26.3 Å². The molecule has 0 spiro atoms. The van der Waals surface area contributed by atoms with Gasteiger partial charge in [-0.25, -0.2) is 4.98 Å². The van der Waals surface area contributed by atoms with Crippen molar-refractivity contribution < 1.29 is 4.74 Å². The topological polar surface area (TPSA) is 48.1 Å². The number of para-hydroxylation sites is 1. The van der Waals surface area contributed by atoms with E-state index >= 15 is 0 Å². The van der Waals surface area contributed by atoms with Crippen molar-refractivity contribution in [2.75, 3.05) is 5.73 Å². The molecule has 2 N–H and O–H groups in total. The maximum Gasteiger partial charge on any atom is 0.152 e. The Kier molecular flexibility index (Phi) is 3.33. The molecule has 3 rings (SSSR count). The summed E-state index contributed by atoms with van der Waals surface area (Å²) in [5, 5.41) is 0. The molecule has 0 saturated carbocycles. The Morgan fingerprint density at radius 1 is 1.05 bits per heavy atom. The first kappa shape index (κ1) is 13.9. The van der Waals surface area contributed by atoms with E-state index < -0.39 is 0 Å². The van der Waals surface area contributed by atoms with E-state index in [0.717, 1.165) is 21.5 Å². The van der Waals surface area contributed by atoms with Crippen LogP contribution in [0.2, 0.25) is 0 Å². The molecular weight excluding hydrogens is 280 g/mol. The Balaban J connectivity index is 2.05. The van der Waals surface area contributed by atoms with E-state index in [9.17, 15) is 0 Å². The fourth-order valence-electron chi connectivity index (χ4n) is 2.32. The van der Waals surface area contributed by atoms with Gasteiger partial charge in [-0.2, -0.15) is 0 Å². The van der Waals surface area contributed by atoms with E-state index in [4.69, 9.17) is 10.5 Å². The van der Waals surface area contributed by atoms with E-state index in [1.165, 1.54) is 0 Å². The number of hydrogen-bond donors (Lipinski definition) is 1. The van der Waals surface area contributed by atoms with Gasteiger partial charge in [0.25, 0.3) is 0 Å². The lowest BCUT2D eigenvalue weighted by Crippen LogP contribution is -2.12. The molecule has 1 heterocycles. The smallest absolute Gasteiger partial charge is 0.152 e. The van der Waals surface area contributed by atoms with Crippen molar-refractivity contribution in [2.45, 2.75) is 26.2 Å². The summed E-state index contributed by atoms with van der Waals surface area (Å²) in [5.74, 6) is 1.50. The number of aromatic nitrogens is 1. The summed E-state index contributed by atoms with van der Waals surface area (Å²) in [6.07, 6.45) is 0. The summed E-state index contributed by atoms with van der Waals surface area (Å²) in [7, 11) is 0. The molecule has 0 atom stereocenters. The average molecular weight is 298 g/mol. The lowest BCUT2D eigenvalue weighted by atomic mass is 9.86. The second-order valence-corrected chi connectivity index (χ2v) is 6.91. The molecule has 21 heavy (non-hydrogen) atoms. The predicted molar refractivity (Wildman–Crippen MR) is 89.2 cm³/mol. The highest BCUT2D eigenvalue weighted by Crippen LogP contribution is 2.38. The van der Waals surface area contributed by atoms with Crippen LogP contribution in [-0.4, -0.2) is 4.98 Å². The van der Waals surface area contributed by atoms with Crippen LogP contribution in [0.3, 0.4) is 0 Å². The summed E-state index contributed by atoms with van der Waals surface area (Å²) in [4.78, 5) is 4.31. The van der Waals surface area contributed by atoms with E-state index in [1.54, 1.807) is 16.8 Å². The fraction of sp³-hybridized carbons (Fsp3) is 0.235. The summed E-state index contributed by atoms with van der Waals surface area (Å²) in [6, 6.07) is 12.0. The molecule has 3 aromatic rings. The molecule has 108 valence electrons. The molecule has 0 amide bonds. The number of benzene rings is 2. The summed E-state index contributed by atoms with van der Waals surface area (Å²) >= 11 is 1.58. The first-order valence-corrected chi connectivity index (χ1v) is 7.74. The van der Waals surface area contributed by atoms with E-state index in [1.807, 2.05) is 30.3 Å². The SMILES string of the molecule is CC(C)(C)c1ccccc1Oc1ccc2scnc2c1N. The van der Waals surface area contributed by atoms with Gasteiger partial charge in [-0.3, -0.25) is 0 Å². The number of thiazole rings is 1. The van der Waals surface area contributed by atoms with E-state index in [0.29, 0.717) is 11.4 Å². The van der Waals surface area contributed by atoms with Crippen molar-refractivity contribution in [3.05, 3.63) is 47.5 Å². The minimum Gasteiger partial charge on any atom is -0.455 e. The monoisotopic (exact) mass is 298 g/mol. The van der Waals surface area contributed by atoms with Crippen LogP contribution in [0, 0.1) is 0 Å². The van der Waals surface area contributed by atoms with E-state index in [2.05, 4.69) is 31.8 Å². The molecule has 0 aliphatic heterocycles. The first-order valence-electron chi connectivity index (χ1n) is 6.86. The Hall–Kier alpha value is -2.07. The zero-order chi connectivity index (χ0) is 15.0. The maximum atomic E-state index is 6.19. The zero-order valence-corrected chi connectivity index (χ0v) is 13.2. The largest absolute Gasteiger partial charge is 0.455 e. The van der Waals surface area contributed by atoms with Gasteiger partial charge >= 0.3 is 0 Å². The van der Waals surface area contributed by atoms with Crippen molar-refractivity contribution in [2.24, 2.45) is 0 Å². The summed E-state index contributed by atoms with van der Waals surface area (Å²) < 4.78 is 7.16. The molecule has 0 fully saturated rings. The lowest BCUT2D eigenvalue weighted by Gasteiger charge is -2.22. The van der Waals surface area contributed by atoms with Crippen molar-refractivity contribution >= 4 is 27.2 Å². The zero-order valence-electron chi connectivity index (χ0n) is 12.4. The number of nitrogens with two attached hydrogens (primary N) is 1. The van der Waals surface area contributed by atoms with Crippen LogP contribution < -0.4 is 10.5 Å². The number of hydrogen-bond acceptors (Lipinski definition) is 4.